The normalized spacial score (nSPS) is 21.2. The summed E-state index contributed by atoms with van der Waals surface area (Å²) in [4.78, 5) is 0. The van der Waals surface area contributed by atoms with Crippen molar-refractivity contribution in [1.82, 2.24) is 0 Å². The molecule has 0 N–H and O–H groups in total. The van der Waals surface area contributed by atoms with Crippen molar-refractivity contribution in [1.29, 1.82) is 0 Å². The first-order valence-corrected chi connectivity index (χ1v) is 20.8. The Hall–Kier alpha value is 0.694. The molecule has 6 heteroatoms. The van der Waals surface area contributed by atoms with Gasteiger partial charge in [-0.1, -0.05) is 39.3 Å². The van der Waals surface area contributed by atoms with E-state index >= 15 is 0 Å². The Morgan fingerprint density at radius 1 is 1.04 bits per heavy atom. The number of rotatable bonds is 2. The summed E-state index contributed by atoms with van der Waals surface area (Å²) in [6.07, 6.45) is 2.21. The molecule has 1 unspecified atom stereocenters. The number of ether oxygens (including phenoxy) is 1. The molecule has 0 bridgehead atoms. The average molecular weight is 447 g/mol. The van der Waals surface area contributed by atoms with Crippen molar-refractivity contribution >= 4 is 41.3 Å². The van der Waals surface area contributed by atoms with Crippen molar-refractivity contribution in [3.63, 3.8) is 0 Å². The predicted octanol–water partition coefficient (Wildman–Crippen LogP) is 6.34. The van der Waals surface area contributed by atoms with Gasteiger partial charge in [-0.05, 0) is 0 Å². The van der Waals surface area contributed by atoms with Crippen molar-refractivity contribution in [2.75, 3.05) is 0 Å². The van der Waals surface area contributed by atoms with Crippen LogP contribution < -0.4 is 0 Å². The van der Waals surface area contributed by atoms with Crippen LogP contribution in [0.2, 0.25) is 64.2 Å². The third-order valence-electron chi connectivity index (χ3n) is 2.47. The number of allylic oxidation sites excluding steroid dienone is 2. The van der Waals surface area contributed by atoms with Crippen molar-refractivity contribution in [3.8, 4) is 0 Å². The number of hydrogen-bond acceptors (Lipinski definition) is 2. The maximum Gasteiger partial charge on any atom is 0.0379 e. The van der Waals surface area contributed by atoms with E-state index in [1.165, 1.54) is 5.25 Å². The van der Waals surface area contributed by atoms with E-state index in [1.807, 2.05) is 6.92 Å². The molecule has 1 aliphatic heterocycles. The predicted molar refractivity (Wildman–Crippen MR) is 119 cm³/mol. The Morgan fingerprint density at radius 3 is 1.67 bits per heavy atom. The molecule has 2 nitrogen and oxygen atoms in total. The van der Waals surface area contributed by atoms with Crippen LogP contribution in [0, 0.1) is 5.41 Å². The standard InChI is InChI=1S/C12H24GeO2Si.2C3H9Si/c1-10-8-9-13-12(14-10,11(2,3)4)15-16(5,6)7;2*1-4(2)3/h8H,9H2,1-7H3;2*1-3H3. The summed E-state index contributed by atoms with van der Waals surface area (Å²) >= 11 is -0.252. The summed E-state index contributed by atoms with van der Waals surface area (Å²) in [5, 5.41) is 1.17. The molecule has 0 saturated carbocycles. The van der Waals surface area contributed by atoms with Gasteiger partial charge in [-0.3, -0.25) is 0 Å². The van der Waals surface area contributed by atoms with Crippen LogP contribution in [0.25, 0.3) is 0 Å². The van der Waals surface area contributed by atoms with Gasteiger partial charge in [0.1, 0.15) is 0 Å². The van der Waals surface area contributed by atoms with E-state index in [9.17, 15) is 0 Å². The van der Waals surface area contributed by atoms with Crippen LogP contribution in [0.1, 0.15) is 27.7 Å². The molecule has 0 amide bonds. The Morgan fingerprint density at radius 2 is 1.42 bits per heavy atom. The van der Waals surface area contributed by atoms with Gasteiger partial charge in [0.15, 0.2) is 0 Å². The van der Waals surface area contributed by atoms with Gasteiger partial charge in [0, 0.05) is 17.6 Å². The third-order valence-corrected chi connectivity index (χ3v) is 7.63. The average Bonchev–Trinajstić information content (AvgIpc) is 2.22. The first-order valence-electron chi connectivity index (χ1n) is 8.87. The van der Waals surface area contributed by atoms with Crippen LogP contribution in [-0.4, -0.2) is 46.0 Å². The first kappa shape index (κ1) is 26.9. The minimum atomic E-state index is -1.58. The fourth-order valence-electron chi connectivity index (χ4n) is 1.69. The van der Waals surface area contributed by atoms with E-state index in [0.29, 0.717) is 0 Å². The van der Waals surface area contributed by atoms with Crippen molar-refractivity contribution in [2.45, 2.75) is 96.5 Å². The molecule has 0 saturated heterocycles. The smallest absolute Gasteiger partial charge is 0.0379 e. The van der Waals surface area contributed by atoms with Crippen LogP contribution in [-0.2, 0) is 9.16 Å². The maximum atomic E-state index is 6.43. The Bertz CT molecular complexity index is 360. The molecule has 0 aromatic heterocycles. The van der Waals surface area contributed by atoms with E-state index in [1.54, 1.807) is 0 Å². The van der Waals surface area contributed by atoms with E-state index in [2.05, 4.69) is 85.8 Å². The second kappa shape index (κ2) is 11.4. The zero-order valence-corrected chi connectivity index (χ0v) is 23.7. The van der Waals surface area contributed by atoms with E-state index in [4.69, 9.17) is 9.16 Å². The van der Waals surface area contributed by atoms with Gasteiger partial charge in [-0.2, -0.15) is 0 Å². The topological polar surface area (TPSA) is 18.5 Å². The zero-order valence-electron chi connectivity index (χ0n) is 18.6. The minimum absolute atomic E-state index is 0.0583. The SMILES string of the molecule is CC1=C[CH2][Ge][C](O[Si](C)(C)C)(C(C)(C)C)O1.C[Si](C)C.C[Si](C)C. The fraction of sp³-hybridized carbons (Fsp3) is 0.889. The van der Waals surface area contributed by atoms with E-state index in [0.717, 1.165) is 5.76 Å². The second-order valence-corrected chi connectivity index (χ2v) is 22.8. The van der Waals surface area contributed by atoms with Crippen LogP contribution in [0.15, 0.2) is 11.8 Å². The largest absolute Gasteiger partial charge is 0.0715 e. The zero-order chi connectivity index (χ0) is 19.8. The van der Waals surface area contributed by atoms with Crippen LogP contribution in [0.4, 0.5) is 0 Å². The van der Waals surface area contributed by atoms with Gasteiger partial charge in [-0.15, -0.1) is 0 Å². The van der Waals surface area contributed by atoms with E-state index in [-0.39, 0.29) is 43.1 Å². The summed E-state index contributed by atoms with van der Waals surface area (Å²) in [5.74, 6) is 1.03. The molecule has 1 rings (SSSR count). The first-order chi connectivity index (χ1) is 10.5. The van der Waals surface area contributed by atoms with Gasteiger partial charge < -0.3 is 0 Å². The molecule has 1 aliphatic rings. The van der Waals surface area contributed by atoms with Gasteiger partial charge >= 0.3 is 107 Å². The van der Waals surface area contributed by atoms with E-state index < -0.39 is 8.32 Å². The van der Waals surface area contributed by atoms with Crippen molar-refractivity contribution in [3.05, 3.63) is 11.8 Å². The number of hydrogen-bond donors (Lipinski definition) is 0. The Kier molecular flexibility index (Phi) is 12.8. The second-order valence-electron chi connectivity index (χ2n) is 9.38. The molecule has 0 spiro atoms. The van der Waals surface area contributed by atoms with Gasteiger partial charge in [0.05, 0.1) is 0 Å². The van der Waals surface area contributed by atoms with Crippen LogP contribution in [0.3, 0.4) is 0 Å². The Balaban J connectivity index is 0. The molecular formula is C18H42GeO2Si3. The summed E-state index contributed by atoms with van der Waals surface area (Å²) in [5.41, 5.74) is 0.0583. The Labute approximate surface area is 164 Å². The third kappa shape index (κ3) is 13.9. The molecular weight excluding hydrogens is 405 g/mol. The molecule has 24 heavy (non-hydrogen) atoms. The molecule has 0 aromatic carbocycles. The summed E-state index contributed by atoms with van der Waals surface area (Å²) in [6.45, 7) is 29.1. The molecule has 0 aliphatic carbocycles. The minimum Gasteiger partial charge on any atom is -0.0715 e. The fourth-order valence-corrected chi connectivity index (χ4v) is 8.34. The summed E-state index contributed by atoms with van der Waals surface area (Å²) in [7, 11) is -1.34. The van der Waals surface area contributed by atoms with Crippen molar-refractivity contribution in [2.24, 2.45) is 5.41 Å². The molecule has 4 radical (unpaired) electrons. The van der Waals surface area contributed by atoms with Gasteiger partial charge in [0.2, 0.25) is 0 Å². The molecule has 1 heterocycles. The van der Waals surface area contributed by atoms with Crippen LogP contribution >= 0.6 is 0 Å². The van der Waals surface area contributed by atoms with Gasteiger partial charge in [-0.25, -0.2) is 0 Å². The molecule has 1 atom stereocenters. The monoisotopic (exact) mass is 448 g/mol. The van der Waals surface area contributed by atoms with Crippen LogP contribution in [0.5, 0.6) is 0 Å². The van der Waals surface area contributed by atoms with Gasteiger partial charge in [0.25, 0.3) is 0 Å². The molecule has 0 aromatic rings. The summed E-state index contributed by atoms with van der Waals surface area (Å²) < 4.78 is 12.3. The quantitative estimate of drug-likeness (QED) is 0.460. The van der Waals surface area contributed by atoms with Crippen molar-refractivity contribution < 1.29 is 9.16 Å². The molecule has 142 valence electrons. The maximum absolute atomic E-state index is 6.43. The summed E-state index contributed by atoms with van der Waals surface area (Å²) in [6, 6.07) is 0. The molecule has 0 fully saturated rings.